The maximum Gasteiger partial charge on any atom is 0.317 e. The molecule has 138 valence electrons. The number of likely N-dealkylation sites (tertiary alicyclic amines) is 1. The molecule has 0 aromatic carbocycles. The Morgan fingerprint density at radius 3 is 2.85 bits per heavy atom. The molecule has 3 amide bonds. The van der Waals surface area contributed by atoms with Crippen LogP contribution < -0.4 is 5.32 Å². The second-order valence-corrected chi connectivity index (χ2v) is 7.33. The van der Waals surface area contributed by atoms with Crippen LogP contribution in [0.15, 0.2) is 42.0 Å². The minimum Gasteiger partial charge on any atom is -0.336 e. The van der Waals surface area contributed by atoms with E-state index in [0.29, 0.717) is 19.6 Å². The Labute approximate surface area is 157 Å². The summed E-state index contributed by atoms with van der Waals surface area (Å²) in [5, 5.41) is 5.01. The molecule has 0 bridgehead atoms. The van der Waals surface area contributed by atoms with E-state index in [9.17, 15) is 9.59 Å². The normalized spacial score (nSPS) is 17.0. The van der Waals surface area contributed by atoms with E-state index in [1.807, 2.05) is 41.5 Å². The van der Waals surface area contributed by atoms with Gasteiger partial charge >= 0.3 is 6.03 Å². The van der Waals surface area contributed by atoms with Gasteiger partial charge in [0.05, 0.1) is 4.88 Å². The fourth-order valence-corrected chi connectivity index (χ4v) is 3.83. The molecule has 0 radical (unpaired) electrons. The van der Waals surface area contributed by atoms with Crippen molar-refractivity contribution in [3.8, 4) is 0 Å². The van der Waals surface area contributed by atoms with Crippen LogP contribution in [0.3, 0.4) is 0 Å². The van der Waals surface area contributed by atoms with E-state index < -0.39 is 0 Å². The van der Waals surface area contributed by atoms with E-state index in [0.717, 1.165) is 29.8 Å². The number of carbonyl (C=O) groups is 2. The van der Waals surface area contributed by atoms with Gasteiger partial charge in [0, 0.05) is 44.6 Å². The van der Waals surface area contributed by atoms with Crippen LogP contribution in [0.25, 0.3) is 0 Å². The third-order valence-corrected chi connectivity index (χ3v) is 5.42. The lowest BCUT2D eigenvalue weighted by Gasteiger charge is -2.34. The highest BCUT2D eigenvalue weighted by Gasteiger charge is 2.27. The first-order valence-corrected chi connectivity index (χ1v) is 9.82. The second kappa shape index (κ2) is 8.80. The van der Waals surface area contributed by atoms with E-state index in [1.54, 1.807) is 17.3 Å². The number of nitrogens with one attached hydrogen (secondary N) is 1. The second-order valence-electron chi connectivity index (χ2n) is 6.39. The third-order valence-electron chi connectivity index (χ3n) is 4.56. The number of hydrogen-bond acceptors (Lipinski definition) is 4. The Morgan fingerprint density at radius 2 is 2.15 bits per heavy atom. The molecule has 1 atom stereocenters. The number of aromatic nitrogens is 1. The average molecular weight is 372 g/mol. The highest BCUT2D eigenvalue weighted by molar-refractivity contribution is 7.12. The quantitative estimate of drug-likeness (QED) is 0.877. The lowest BCUT2D eigenvalue weighted by molar-refractivity contribution is 0.0699. The van der Waals surface area contributed by atoms with Gasteiger partial charge in [-0.05, 0) is 48.9 Å². The molecule has 1 aliphatic heterocycles. The molecule has 6 nitrogen and oxygen atoms in total. The van der Waals surface area contributed by atoms with Crippen LogP contribution in [-0.2, 0) is 6.54 Å². The number of rotatable bonds is 5. The van der Waals surface area contributed by atoms with E-state index in [1.165, 1.54) is 11.3 Å². The summed E-state index contributed by atoms with van der Waals surface area (Å²) in [4.78, 5) is 33.6. The van der Waals surface area contributed by atoms with Crippen molar-refractivity contribution in [1.29, 1.82) is 0 Å². The molecule has 2 aromatic rings. The van der Waals surface area contributed by atoms with E-state index in [4.69, 9.17) is 0 Å². The molecule has 1 fully saturated rings. The van der Waals surface area contributed by atoms with Crippen LogP contribution in [0.1, 0.15) is 35.0 Å². The Morgan fingerprint density at radius 1 is 1.35 bits per heavy atom. The van der Waals surface area contributed by atoms with Gasteiger partial charge in [-0.3, -0.25) is 9.78 Å². The number of pyridine rings is 1. The summed E-state index contributed by atoms with van der Waals surface area (Å²) < 4.78 is 0. The highest BCUT2D eigenvalue weighted by Crippen LogP contribution is 2.17. The van der Waals surface area contributed by atoms with Crippen LogP contribution in [0.5, 0.6) is 0 Å². The lowest BCUT2D eigenvalue weighted by Crippen LogP contribution is -2.52. The summed E-state index contributed by atoms with van der Waals surface area (Å²) in [7, 11) is 0. The predicted octanol–water partition coefficient (Wildman–Crippen LogP) is 2.98. The average Bonchev–Trinajstić information content (AvgIpc) is 3.21. The first-order chi connectivity index (χ1) is 12.7. The van der Waals surface area contributed by atoms with Gasteiger partial charge in [0.2, 0.25) is 0 Å². The maximum atomic E-state index is 12.6. The van der Waals surface area contributed by atoms with Crippen LogP contribution in [0.4, 0.5) is 4.79 Å². The smallest absolute Gasteiger partial charge is 0.317 e. The molecule has 0 saturated carbocycles. The summed E-state index contributed by atoms with van der Waals surface area (Å²) >= 11 is 1.46. The molecule has 0 aliphatic carbocycles. The van der Waals surface area contributed by atoms with Gasteiger partial charge in [-0.2, -0.15) is 0 Å². The van der Waals surface area contributed by atoms with Crippen LogP contribution in [0.2, 0.25) is 0 Å². The standard InChI is InChI=1S/C19H24N4O2S/c1-2-22(13-15-7-9-20-10-8-15)19(25)21-16-5-3-11-23(14-16)18(24)17-6-4-12-26-17/h4,6-10,12,16H,2-3,5,11,13-14H2,1H3,(H,21,25)/t16-/m0/s1. The summed E-state index contributed by atoms with van der Waals surface area (Å²) in [6.07, 6.45) is 5.26. The van der Waals surface area contributed by atoms with Gasteiger partial charge < -0.3 is 15.1 Å². The van der Waals surface area contributed by atoms with Gasteiger partial charge in [-0.25, -0.2) is 4.79 Å². The fourth-order valence-electron chi connectivity index (χ4n) is 3.14. The van der Waals surface area contributed by atoms with E-state index in [2.05, 4.69) is 10.3 Å². The fraction of sp³-hybridized carbons (Fsp3) is 0.421. The maximum absolute atomic E-state index is 12.6. The Bertz CT molecular complexity index is 720. The molecule has 3 rings (SSSR count). The molecule has 2 aromatic heterocycles. The van der Waals surface area contributed by atoms with E-state index >= 15 is 0 Å². The van der Waals surface area contributed by atoms with Crippen molar-refractivity contribution in [3.05, 3.63) is 52.5 Å². The molecule has 7 heteroatoms. The minimum atomic E-state index is -0.0836. The van der Waals surface area contributed by atoms with Gasteiger partial charge in [0.25, 0.3) is 5.91 Å². The molecule has 0 spiro atoms. The molecule has 3 heterocycles. The summed E-state index contributed by atoms with van der Waals surface area (Å²) in [5.74, 6) is 0.0584. The summed E-state index contributed by atoms with van der Waals surface area (Å²) in [5.41, 5.74) is 1.05. The molecule has 1 N–H and O–H groups in total. The van der Waals surface area contributed by atoms with Gasteiger partial charge in [0.15, 0.2) is 0 Å². The zero-order valence-corrected chi connectivity index (χ0v) is 15.7. The third kappa shape index (κ3) is 4.60. The zero-order chi connectivity index (χ0) is 18.4. The van der Waals surface area contributed by atoms with Crippen molar-refractivity contribution in [2.75, 3.05) is 19.6 Å². The Hall–Kier alpha value is -2.41. The lowest BCUT2D eigenvalue weighted by atomic mass is 10.1. The topological polar surface area (TPSA) is 65.5 Å². The number of hydrogen-bond donors (Lipinski definition) is 1. The molecule has 26 heavy (non-hydrogen) atoms. The SMILES string of the molecule is CCN(Cc1ccncc1)C(=O)N[C@H]1CCCN(C(=O)c2cccs2)C1. The van der Waals surface area contributed by atoms with Crippen molar-refractivity contribution in [2.45, 2.75) is 32.4 Å². The van der Waals surface area contributed by atoms with Crippen molar-refractivity contribution in [2.24, 2.45) is 0 Å². The largest absolute Gasteiger partial charge is 0.336 e. The first kappa shape index (κ1) is 18.4. The van der Waals surface area contributed by atoms with Crippen molar-refractivity contribution in [1.82, 2.24) is 20.1 Å². The predicted molar refractivity (Wildman–Crippen MR) is 102 cm³/mol. The molecule has 0 unspecified atom stereocenters. The number of piperidine rings is 1. The first-order valence-electron chi connectivity index (χ1n) is 8.94. The summed E-state index contributed by atoms with van der Waals surface area (Å²) in [6, 6.07) is 7.48. The van der Waals surface area contributed by atoms with Crippen LogP contribution >= 0.6 is 11.3 Å². The van der Waals surface area contributed by atoms with Crippen molar-refractivity contribution >= 4 is 23.3 Å². The number of urea groups is 1. The zero-order valence-electron chi connectivity index (χ0n) is 14.9. The van der Waals surface area contributed by atoms with Gasteiger partial charge in [-0.1, -0.05) is 6.07 Å². The van der Waals surface area contributed by atoms with Crippen molar-refractivity contribution < 1.29 is 9.59 Å². The Kier molecular flexibility index (Phi) is 6.22. The van der Waals surface area contributed by atoms with E-state index in [-0.39, 0.29) is 18.0 Å². The number of thiophene rings is 1. The van der Waals surface area contributed by atoms with Crippen LogP contribution in [0, 0.1) is 0 Å². The van der Waals surface area contributed by atoms with Gasteiger partial charge in [0.1, 0.15) is 0 Å². The number of nitrogens with zero attached hydrogens (tertiary/aromatic N) is 3. The summed E-state index contributed by atoms with van der Waals surface area (Å²) in [6.45, 7) is 4.45. The molecule has 1 saturated heterocycles. The highest BCUT2D eigenvalue weighted by atomic mass is 32.1. The molecular weight excluding hydrogens is 348 g/mol. The van der Waals surface area contributed by atoms with Crippen molar-refractivity contribution in [3.63, 3.8) is 0 Å². The molecule has 1 aliphatic rings. The Balaban J connectivity index is 1.56. The number of amides is 3. The van der Waals surface area contributed by atoms with Crippen LogP contribution in [-0.4, -0.2) is 52.4 Å². The number of carbonyl (C=O) groups excluding carboxylic acids is 2. The van der Waals surface area contributed by atoms with Gasteiger partial charge in [-0.15, -0.1) is 11.3 Å². The monoisotopic (exact) mass is 372 g/mol. The molecular formula is C19H24N4O2S. The minimum absolute atomic E-state index is 0.00773.